The molecule has 2 unspecified atom stereocenters. The molecule has 27 heavy (non-hydrogen) atoms. The SMILES string of the molecule is CCCc1c2c3cc4c1N(CC)C1=CC4OC3C=C(O2)C(=O)OOOC1=O. The Bertz CT molecular complexity index is 932. The van der Waals surface area contributed by atoms with Gasteiger partial charge in [-0.3, -0.25) is 9.78 Å². The lowest BCUT2D eigenvalue weighted by molar-refractivity contribution is -0.457. The van der Waals surface area contributed by atoms with E-state index < -0.39 is 24.1 Å². The molecule has 8 bridgehead atoms. The van der Waals surface area contributed by atoms with Crippen molar-refractivity contribution in [2.75, 3.05) is 11.4 Å². The number of anilines is 1. The number of carbonyl (C=O) groups is 2. The van der Waals surface area contributed by atoms with Gasteiger partial charge in [-0.1, -0.05) is 13.3 Å². The normalized spacial score (nSPS) is 24.7. The van der Waals surface area contributed by atoms with Crippen LogP contribution < -0.4 is 9.64 Å². The topological polar surface area (TPSA) is 83.5 Å². The maximum Gasteiger partial charge on any atom is 0.412 e. The lowest BCUT2D eigenvalue weighted by Gasteiger charge is -2.42. The molecule has 0 aliphatic carbocycles. The Kier molecular flexibility index (Phi) is 3.53. The molecule has 0 N–H and O–H groups in total. The number of nitrogens with zero attached hydrogens (tertiary/aromatic N) is 1. The zero-order valence-electron chi connectivity index (χ0n) is 14.8. The zero-order valence-corrected chi connectivity index (χ0v) is 14.8. The fourth-order valence-corrected chi connectivity index (χ4v) is 4.08. The maximum absolute atomic E-state index is 12.6. The molecule has 140 valence electrons. The van der Waals surface area contributed by atoms with Gasteiger partial charge >= 0.3 is 11.9 Å². The first-order valence-corrected chi connectivity index (χ1v) is 8.96. The van der Waals surface area contributed by atoms with Crippen molar-refractivity contribution >= 4 is 17.6 Å². The molecule has 0 saturated carbocycles. The molecule has 0 radical (unpaired) electrons. The van der Waals surface area contributed by atoms with Crippen LogP contribution >= 0.6 is 0 Å². The van der Waals surface area contributed by atoms with Gasteiger partial charge in [0.15, 0.2) is 0 Å². The highest BCUT2D eigenvalue weighted by atomic mass is 17.5. The van der Waals surface area contributed by atoms with Crippen LogP contribution in [0.5, 0.6) is 5.75 Å². The van der Waals surface area contributed by atoms with Crippen LogP contribution in [0.4, 0.5) is 5.69 Å². The quantitative estimate of drug-likeness (QED) is 0.750. The lowest BCUT2D eigenvalue weighted by atomic mass is 9.86. The monoisotopic (exact) mass is 371 g/mol. The number of carbonyl (C=O) groups excluding carboxylic acids is 2. The summed E-state index contributed by atoms with van der Waals surface area (Å²) in [5.41, 5.74) is 3.94. The van der Waals surface area contributed by atoms with Crippen LogP contribution in [0, 0.1) is 0 Å². The average Bonchev–Trinajstić information content (AvgIpc) is 2.68. The summed E-state index contributed by atoms with van der Waals surface area (Å²) in [5, 5.41) is 4.39. The van der Waals surface area contributed by atoms with Crippen molar-refractivity contribution in [3.05, 3.63) is 46.4 Å². The van der Waals surface area contributed by atoms with Crippen molar-refractivity contribution in [3.63, 3.8) is 0 Å². The van der Waals surface area contributed by atoms with Crippen molar-refractivity contribution in [2.45, 2.75) is 38.9 Å². The third-order valence-electron chi connectivity index (χ3n) is 5.14. The van der Waals surface area contributed by atoms with E-state index in [-0.39, 0.29) is 11.5 Å². The molecule has 2 atom stereocenters. The molecular formula is C19H17NO7. The second kappa shape index (κ2) is 5.83. The van der Waals surface area contributed by atoms with Gasteiger partial charge in [-0.25, -0.2) is 9.59 Å². The van der Waals surface area contributed by atoms with Crippen molar-refractivity contribution in [1.29, 1.82) is 0 Å². The van der Waals surface area contributed by atoms with E-state index in [1.165, 1.54) is 0 Å². The number of ether oxygens (including phenoxy) is 2. The highest BCUT2D eigenvalue weighted by molar-refractivity contribution is 5.95. The molecule has 6 rings (SSSR count). The first kappa shape index (κ1) is 16.3. The van der Waals surface area contributed by atoms with E-state index in [2.05, 4.69) is 21.7 Å². The summed E-state index contributed by atoms with van der Waals surface area (Å²) in [6.07, 6.45) is 3.95. The van der Waals surface area contributed by atoms with Gasteiger partial charge in [-0.2, -0.15) is 0 Å². The predicted octanol–water partition coefficient (Wildman–Crippen LogP) is 2.70. The minimum absolute atomic E-state index is 0.0614. The summed E-state index contributed by atoms with van der Waals surface area (Å²) in [7, 11) is 0. The number of rotatable bonds is 3. The zero-order chi connectivity index (χ0) is 18.7. The smallest absolute Gasteiger partial charge is 0.412 e. The molecule has 1 aromatic carbocycles. The third kappa shape index (κ3) is 2.23. The van der Waals surface area contributed by atoms with Gasteiger partial charge in [-0.15, -0.1) is 0 Å². The molecule has 0 spiro atoms. The van der Waals surface area contributed by atoms with Gasteiger partial charge in [0.25, 0.3) is 0 Å². The highest BCUT2D eigenvalue weighted by Crippen LogP contribution is 2.54. The Balaban J connectivity index is 1.82. The van der Waals surface area contributed by atoms with Crippen molar-refractivity contribution in [1.82, 2.24) is 0 Å². The lowest BCUT2D eigenvalue weighted by Crippen LogP contribution is -2.37. The minimum atomic E-state index is -0.897. The molecule has 5 aliphatic rings. The molecule has 1 aromatic rings. The molecule has 0 amide bonds. The molecule has 0 aromatic heterocycles. The van der Waals surface area contributed by atoms with E-state index in [0.717, 1.165) is 35.2 Å². The van der Waals surface area contributed by atoms with E-state index in [1.807, 2.05) is 17.9 Å². The summed E-state index contributed by atoms with van der Waals surface area (Å²) < 4.78 is 12.1. The number of likely N-dealkylation sites (N-methyl/N-ethyl adjacent to an activating group) is 1. The number of benzene rings is 1. The van der Waals surface area contributed by atoms with Gasteiger partial charge in [0.2, 0.25) is 5.76 Å². The molecular weight excluding hydrogens is 354 g/mol. The minimum Gasteiger partial charge on any atom is -0.449 e. The van der Waals surface area contributed by atoms with Crippen LogP contribution in [0.3, 0.4) is 0 Å². The molecule has 5 aliphatic heterocycles. The standard InChI is InChI=1S/C19H17NO7/c1-3-5-9-16-10-6-11-14-8-15(24-17(9)11)19(22)26-27-25-18(21)12(20(16)4-2)7-13(10)23-14/h6-8,13-14H,3-5H2,1-2H3. The Morgan fingerprint density at radius 3 is 2.59 bits per heavy atom. The highest BCUT2D eigenvalue weighted by Gasteiger charge is 2.43. The van der Waals surface area contributed by atoms with E-state index in [0.29, 0.717) is 12.3 Å². The van der Waals surface area contributed by atoms with E-state index in [1.54, 1.807) is 12.2 Å². The van der Waals surface area contributed by atoms with Crippen LogP contribution in [0.1, 0.15) is 49.2 Å². The van der Waals surface area contributed by atoms with Crippen molar-refractivity contribution in [2.24, 2.45) is 0 Å². The van der Waals surface area contributed by atoms with Crippen LogP contribution in [0.25, 0.3) is 0 Å². The molecule has 8 nitrogen and oxygen atoms in total. The van der Waals surface area contributed by atoms with Crippen molar-refractivity contribution < 1.29 is 33.9 Å². The largest absolute Gasteiger partial charge is 0.449 e. The van der Waals surface area contributed by atoms with E-state index in [9.17, 15) is 9.59 Å². The summed E-state index contributed by atoms with van der Waals surface area (Å²) in [4.78, 5) is 35.9. The van der Waals surface area contributed by atoms with Gasteiger partial charge < -0.3 is 14.4 Å². The van der Waals surface area contributed by atoms with Gasteiger partial charge in [0.05, 0.1) is 5.69 Å². The maximum atomic E-state index is 12.6. The van der Waals surface area contributed by atoms with E-state index in [4.69, 9.17) is 9.47 Å². The second-order valence-electron chi connectivity index (χ2n) is 6.68. The fraction of sp³-hybridized carbons (Fsp3) is 0.368. The van der Waals surface area contributed by atoms with E-state index >= 15 is 0 Å². The molecule has 0 saturated heterocycles. The average molecular weight is 371 g/mol. The fourth-order valence-electron chi connectivity index (χ4n) is 4.08. The van der Waals surface area contributed by atoms with Gasteiger partial charge in [0, 0.05) is 28.3 Å². The third-order valence-corrected chi connectivity index (χ3v) is 5.14. The number of hydrogen-bond donors (Lipinski definition) is 0. The Morgan fingerprint density at radius 1 is 1.04 bits per heavy atom. The number of fused-ring (bicyclic) bond motifs is 4. The first-order chi connectivity index (χ1) is 13.1. The first-order valence-electron chi connectivity index (χ1n) is 8.96. The Hall–Kier alpha value is -2.84. The summed E-state index contributed by atoms with van der Waals surface area (Å²) in [5.74, 6) is -1.14. The number of hydrogen-bond acceptors (Lipinski definition) is 8. The van der Waals surface area contributed by atoms with Gasteiger partial charge in [0.1, 0.15) is 23.7 Å². The molecule has 8 heteroatoms. The van der Waals surface area contributed by atoms with Crippen LogP contribution in [-0.2, 0) is 35.6 Å². The molecule has 5 heterocycles. The Morgan fingerprint density at radius 2 is 1.81 bits per heavy atom. The van der Waals surface area contributed by atoms with Crippen LogP contribution in [0.15, 0.2) is 29.7 Å². The second-order valence-corrected chi connectivity index (χ2v) is 6.68. The summed E-state index contributed by atoms with van der Waals surface area (Å²) in [6.45, 7) is 4.54. The van der Waals surface area contributed by atoms with Crippen LogP contribution in [0.2, 0.25) is 0 Å². The van der Waals surface area contributed by atoms with Crippen molar-refractivity contribution in [3.8, 4) is 5.75 Å². The Labute approximate surface area is 154 Å². The summed E-state index contributed by atoms with van der Waals surface area (Å²) in [6, 6.07) is 2.03. The van der Waals surface area contributed by atoms with Crippen LogP contribution in [-0.4, -0.2) is 18.5 Å². The summed E-state index contributed by atoms with van der Waals surface area (Å²) >= 11 is 0. The molecule has 0 fully saturated rings. The predicted molar refractivity (Wildman–Crippen MR) is 90.1 cm³/mol. The van der Waals surface area contributed by atoms with Gasteiger partial charge in [-0.05, 0) is 31.6 Å².